The van der Waals surface area contributed by atoms with Crippen LogP contribution in [0.2, 0.25) is 22.2 Å². The molecule has 1 unspecified atom stereocenters. The monoisotopic (exact) mass is 675 g/mol. The van der Waals surface area contributed by atoms with Crippen LogP contribution in [0.5, 0.6) is 0 Å². The van der Waals surface area contributed by atoms with Gasteiger partial charge in [0.1, 0.15) is 12.4 Å². The van der Waals surface area contributed by atoms with Gasteiger partial charge in [-0.1, -0.05) is 89.5 Å². The van der Waals surface area contributed by atoms with Crippen LogP contribution in [-0.4, -0.2) is 66.2 Å². The quantitative estimate of drug-likeness (QED) is 0.218. The summed E-state index contributed by atoms with van der Waals surface area (Å²) >= 11 is 3.95. The van der Waals surface area contributed by atoms with Gasteiger partial charge in [0.05, 0.1) is 23.9 Å². The van der Waals surface area contributed by atoms with Crippen LogP contribution in [0.3, 0.4) is 0 Å². The molecule has 2 aromatic heterocycles. The molecule has 3 aromatic rings. The van der Waals surface area contributed by atoms with Crippen molar-refractivity contribution in [3.8, 4) is 0 Å². The summed E-state index contributed by atoms with van der Waals surface area (Å²) in [7, 11) is -5.49. The van der Waals surface area contributed by atoms with Crippen LogP contribution >= 0.6 is 15.9 Å². The molecule has 5 rings (SSSR count). The largest absolute Gasteiger partial charge is 0.414 e. The first-order chi connectivity index (χ1) is 19.9. The van der Waals surface area contributed by atoms with Crippen LogP contribution in [0.15, 0.2) is 43.0 Å². The maximum absolute atomic E-state index is 12.9. The lowest BCUT2D eigenvalue weighted by Gasteiger charge is -2.51. The number of hydrogen-bond acceptors (Lipinski definition) is 8. The summed E-state index contributed by atoms with van der Waals surface area (Å²) in [5.41, 5.74) is 2.48. The summed E-state index contributed by atoms with van der Waals surface area (Å²) < 4.78 is 30.1. The van der Waals surface area contributed by atoms with Gasteiger partial charge >= 0.3 is 17.1 Å². The second kappa shape index (κ2) is 12.2. The van der Waals surface area contributed by atoms with Gasteiger partial charge in [0, 0.05) is 5.56 Å². The van der Waals surface area contributed by atoms with Gasteiger partial charge in [0.25, 0.3) is 5.91 Å². The molecule has 2 fully saturated rings. The van der Waals surface area contributed by atoms with Gasteiger partial charge in [-0.05, 0) is 34.3 Å². The van der Waals surface area contributed by atoms with Crippen molar-refractivity contribution in [3.63, 3.8) is 0 Å². The lowest BCUT2D eigenvalue weighted by atomic mass is 10.2. The molecule has 0 aliphatic carbocycles. The molecule has 0 saturated carbocycles. The molecule has 1 N–H and O–H groups in total. The zero-order valence-corrected chi connectivity index (χ0v) is 29.2. The molecule has 1 amide bonds. The number of benzene rings is 1. The van der Waals surface area contributed by atoms with E-state index < -0.39 is 23.3 Å². The number of aromatic nitrogens is 4. The molecule has 1 aromatic carbocycles. The molecule has 228 valence electrons. The van der Waals surface area contributed by atoms with E-state index in [0.29, 0.717) is 29.2 Å². The van der Waals surface area contributed by atoms with Gasteiger partial charge in [-0.15, -0.1) is 0 Å². The van der Waals surface area contributed by atoms with Gasteiger partial charge in [0.15, 0.2) is 23.2 Å². The molecule has 4 heterocycles. The van der Waals surface area contributed by atoms with Crippen LogP contribution < -0.4 is 5.32 Å². The number of nitrogens with zero attached hydrogens (tertiary/aromatic N) is 4. The van der Waals surface area contributed by atoms with Crippen molar-refractivity contribution < 1.29 is 22.5 Å². The highest BCUT2D eigenvalue weighted by Crippen LogP contribution is 2.49. The topological polar surface area (TPSA) is 110 Å². The Morgan fingerprint density at radius 2 is 1.60 bits per heavy atom. The van der Waals surface area contributed by atoms with Crippen molar-refractivity contribution >= 4 is 55.9 Å². The van der Waals surface area contributed by atoms with Crippen molar-refractivity contribution in [1.82, 2.24) is 19.5 Å². The zero-order valence-electron chi connectivity index (χ0n) is 25.6. The predicted octanol–water partition coefficient (Wildman–Crippen LogP) is 6.70. The zero-order chi connectivity index (χ0) is 30.4. The molecule has 0 spiro atoms. The van der Waals surface area contributed by atoms with E-state index >= 15 is 0 Å². The number of amides is 1. The summed E-state index contributed by atoms with van der Waals surface area (Å²) in [6, 6.07) is 9.00. The average molecular weight is 677 g/mol. The van der Waals surface area contributed by atoms with E-state index in [-0.39, 0.29) is 45.1 Å². The third-order valence-electron chi connectivity index (χ3n) is 8.50. The predicted molar refractivity (Wildman–Crippen MR) is 170 cm³/mol. The molecular formula is C29H42BrN5O5Si2. The van der Waals surface area contributed by atoms with Gasteiger partial charge < -0.3 is 23.0 Å². The lowest BCUT2D eigenvalue weighted by Crippen LogP contribution is -2.65. The summed E-state index contributed by atoms with van der Waals surface area (Å²) in [4.78, 5) is 26.1. The van der Waals surface area contributed by atoms with Crippen LogP contribution in [-0.2, 0) is 17.7 Å². The number of carbonyl (C=O) groups excluding carboxylic acids is 1. The number of rotatable bonds is 7. The Morgan fingerprint density at radius 1 is 0.952 bits per heavy atom. The summed E-state index contributed by atoms with van der Waals surface area (Å²) in [5.74, 6) is 0.0720. The minimum atomic E-state index is -2.81. The third kappa shape index (κ3) is 5.41. The minimum absolute atomic E-state index is 0.209. The minimum Gasteiger partial charge on any atom is -0.414 e. The van der Waals surface area contributed by atoms with E-state index in [1.165, 1.54) is 6.33 Å². The first-order valence-electron chi connectivity index (χ1n) is 14.8. The van der Waals surface area contributed by atoms with Crippen LogP contribution in [0.1, 0.15) is 72.0 Å². The fraction of sp³-hybridized carbons (Fsp3) is 0.586. The van der Waals surface area contributed by atoms with E-state index in [1.54, 1.807) is 18.5 Å². The summed E-state index contributed by atoms with van der Waals surface area (Å²) in [6.45, 7) is 18.1. The fourth-order valence-electron chi connectivity index (χ4n) is 6.23. The van der Waals surface area contributed by atoms with Crippen molar-refractivity contribution in [1.29, 1.82) is 0 Å². The smallest absolute Gasteiger partial charge is 0.335 e. The number of carbonyl (C=O) groups is 1. The number of halogens is 1. The molecule has 2 aliphatic rings. The van der Waals surface area contributed by atoms with Crippen molar-refractivity contribution in [3.05, 3.63) is 48.5 Å². The molecule has 42 heavy (non-hydrogen) atoms. The Morgan fingerprint density at radius 3 is 2.21 bits per heavy atom. The number of imidazole rings is 1. The van der Waals surface area contributed by atoms with Crippen molar-refractivity contribution in [2.24, 2.45) is 0 Å². The fourth-order valence-corrected chi connectivity index (χ4v) is 18.5. The van der Waals surface area contributed by atoms with Crippen molar-refractivity contribution in [2.45, 2.75) is 101 Å². The molecule has 4 atom stereocenters. The van der Waals surface area contributed by atoms with Crippen LogP contribution in [0.25, 0.3) is 11.2 Å². The first kappa shape index (κ1) is 31.4. The van der Waals surface area contributed by atoms with E-state index in [0.717, 1.165) is 0 Å². The Labute approximate surface area is 258 Å². The third-order valence-corrected chi connectivity index (χ3v) is 19.7. The number of alkyl halides is 1. The SMILES string of the molecule is CC(C)[Si]1(C(C)C)OC[C@H]2O[C@@H](n3cnc4c(NC(=O)c5ccccc5)ncnc43)C(Br)[C@H]2O[Si](C(C)C)(C(C)C)O1. The summed E-state index contributed by atoms with van der Waals surface area (Å²) in [6.07, 6.45) is 2.03. The summed E-state index contributed by atoms with van der Waals surface area (Å²) in [5, 5.41) is 2.88. The van der Waals surface area contributed by atoms with Gasteiger partial charge in [-0.3, -0.25) is 9.36 Å². The van der Waals surface area contributed by atoms with Crippen LogP contribution in [0.4, 0.5) is 5.82 Å². The molecule has 0 bridgehead atoms. The Kier molecular flexibility index (Phi) is 9.11. The highest BCUT2D eigenvalue weighted by Gasteiger charge is 2.61. The maximum atomic E-state index is 12.9. The lowest BCUT2D eigenvalue weighted by molar-refractivity contribution is -0.0544. The molecule has 0 radical (unpaired) electrons. The molecule has 2 aliphatic heterocycles. The van der Waals surface area contributed by atoms with E-state index in [1.807, 2.05) is 22.8 Å². The second-order valence-corrected chi connectivity index (χ2v) is 22.3. The number of fused-ring (bicyclic) bond motifs is 2. The van der Waals surface area contributed by atoms with Gasteiger partial charge in [0.2, 0.25) is 0 Å². The normalized spacial score (nSPS) is 25.6. The van der Waals surface area contributed by atoms with Gasteiger partial charge in [-0.2, -0.15) is 0 Å². The Balaban J connectivity index is 1.49. The standard InChI is InChI=1S/C29H42BrN5O5Si2/c1-17(2)41(18(3)4)37-14-22-25(39-42(40-41,19(5)6)20(7)8)23(30)29(38-22)35-16-33-24-26(31-15-32-27(24)35)34-28(36)21-12-10-9-11-13-21/h9-13,15-20,22-23,25,29H,14H2,1-8H3,(H,31,32,34,36)/t22-,23?,25+,29-/m1/s1. The number of nitrogens with one attached hydrogen (secondary N) is 1. The molecule has 13 heteroatoms. The van der Waals surface area contributed by atoms with Gasteiger partial charge in [-0.25, -0.2) is 15.0 Å². The second-order valence-electron chi connectivity index (χ2n) is 12.4. The average Bonchev–Trinajstić information content (AvgIpc) is 3.49. The number of hydrogen-bond donors (Lipinski definition) is 1. The maximum Gasteiger partial charge on any atom is 0.335 e. The Hall–Kier alpha value is -2.01. The number of ether oxygens (including phenoxy) is 1. The van der Waals surface area contributed by atoms with E-state index in [2.05, 4.69) is 91.6 Å². The Bertz CT molecular complexity index is 1390. The molecular weight excluding hydrogens is 634 g/mol. The van der Waals surface area contributed by atoms with E-state index in [4.69, 9.17) is 17.7 Å². The number of anilines is 1. The first-order valence-corrected chi connectivity index (χ1v) is 19.6. The highest BCUT2D eigenvalue weighted by molar-refractivity contribution is 9.09. The van der Waals surface area contributed by atoms with E-state index in [9.17, 15) is 4.79 Å². The highest BCUT2D eigenvalue weighted by atomic mass is 79.9. The van der Waals surface area contributed by atoms with Crippen LogP contribution in [0, 0.1) is 0 Å². The molecule has 10 nitrogen and oxygen atoms in total. The molecule has 2 saturated heterocycles. The van der Waals surface area contributed by atoms with Crippen molar-refractivity contribution in [2.75, 3.05) is 11.9 Å².